The standard InChI is InChI=1S/C15H13BrClFS/c1-9-7-12(13(17)8-14(9)18)15(16)10-3-5-11(19-2)6-4-10/h3-8,15H,1-2H3. The molecule has 0 aromatic heterocycles. The molecular formula is C15H13BrClFS. The average Bonchev–Trinajstić information content (AvgIpc) is 2.42. The van der Waals surface area contributed by atoms with E-state index in [0.29, 0.717) is 10.6 Å². The van der Waals surface area contributed by atoms with Crippen LogP contribution in [-0.4, -0.2) is 6.26 Å². The molecule has 1 unspecified atom stereocenters. The lowest BCUT2D eigenvalue weighted by atomic mass is 10.0. The van der Waals surface area contributed by atoms with Gasteiger partial charge in [-0.25, -0.2) is 4.39 Å². The highest BCUT2D eigenvalue weighted by Gasteiger charge is 2.15. The van der Waals surface area contributed by atoms with Gasteiger partial charge in [0.2, 0.25) is 0 Å². The van der Waals surface area contributed by atoms with Crippen molar-refractivity contribution in [1.29, 1.82) is 0 Å². The summed E-state index contributed by atoms with van der Waals surface area (Å²) in [5.74, 6) is -0.272. The van der Waals surface area contributed by atoms with Crippen molar-refractivity contribution in [3.05, 3.63) is 63.9 Å². The molecule has 0 fully saturated rings. The van der Waals surface area contributed by atoms with Crippen LogP contribution in [0.3, 0.4) is 0 Å². The topological polar surface area (TPSA) is 0 Å². The molecule has 0 amide bonds. The van der Waals surface area contributed by atoms with Crippen molar-refractivity contribution in [1.82, 2.24) is 0 Å². The molecule has 0 N–H and O–H groups in total. The highest BCUT2D eigenvalue weighted by atomic mass is 79.9. The zero-order valence-corrected chi connectivity index (χ0v) is 13.7. The molecule has 0 aliphatic rings. The summed E-state index contributed by atoms with van der Waals surface area (Å²) in [5.41, 5.74) is 2.59. The second kappa shape index (κ2) is 6.29. The molecule has 2 rings (SSSR count). The molecule has 0 spiro atoms. The molecule has 0 saturated heterocycles. The van der Waals surface area contributed by atoms with Gasteiger partial charge in [-0.2, -0.15) is 0 Å². The Bertz CT molecular complexity index is 583. The number of hydrogen-bond donors (Lipinski definition) is 0. The summed E-state index contributed by atoms with van der Waals surface area (Å²) >= 11 is 11.5. The van der Waals surface area contributed by atoms with E-state index in [0.717, 1.165) is 11.1 Å². The summed E-state index contributed by atoms with van der Waals surface area (Å²) in [6.07, 6.45) is 2.04. The molecular weight excluding hydrogens is 347 g/mol. The van der Waals surface area contributed by atoms with E-state index in [2.05, 4.69) is 40.2 Å². The summed E-state index contributed by atoms with van der Waals surface area (Å²) in [7, 11) is 0. The van der Waals surface area contributed by atoms with E-state index in [4.69, 9.17) is 11.6 Å². The number of alkyl halides is 1. The van der Waals surface area contributed by atoms with E-state index in [9.17, 15) is 4.39 Å². The summed E-state index contributed by atoms with van der Waals surface area (Å²) in [6.45, 7) is 1.74. The van der Waals surface area contributed by atoms with Crippen LogP contribution in [0.4, 0.5) is 4.39 Å². The summed E-state index contributed by atoms with van der Waals surface area (Å²) < 4.78 is 13.4. The van der Waals surface area contributed by atoms with E-state index in [-0.39, 0.29) is 10.6 Å². The van der Waals surface area contributed by atoms with Crippen molar-refractivity contribution in [2.45, 2.75) is 16.6 Å². The van der Waals surface area contributed by atoms with Gasteiger partial charge in [0.25, 0.3) is 0 Å². The third-order valence-electron chi connectivity index (χ3n) is 2.96. The van der Waals surface area contributed by atoms with Crippen LogP contribution in [0.25, 0.3) is 0 Å². The Morgan fingerprint density at radius 1 is 1.21 bits per heavy atom. The van der Waals surface area contributed by atoms with Crippen LogP contribution in [0, 0.1) is 12.7 Å². The molecule has 0 heterocycles. The largest absolute Gasteiger partial charge is 0.207 e. The van der Waals surface area contributed by atoms with Gasteiger partial charge in [0.1, 0.15) is 5.82 Å². The fraction of sp³-hybridized carbons (Fsp3) is 0.200. The Morgan fingerprint density at radius 2 is 1.84 bits per heavy atom. The van der Waals surface area contributed by atoms with Gasteiger partial charge < -0.3 is 0 Å². The predicted molar refractivity (Wildman–Crippen MR) is 85.1 cm³/mol. The van der Waals surface area contributed by atoms with E-state index in [1.807, 2.05) is 6.26 Å². The third kappa shape index (κ3) is 3.33. The molecule has 0 aliphatic carbocycles. The van der Waals surface area contributed by atoms with Crippen molar-refractivity contribution in [3.63, 3.8) is 0 Å². The smallest absolute Gasteiger partial charge is 0.127 e. The molecule has 19 heavy (non-hydrogen) atoms. The molecule has 2 aromatic carbocycles. The fourth-order valence-corrected chi connectivity index (χ4v) is 3.31. The van der Waals surface area contributed by atoms with E-state index >= 15 is 0 Å². The molecule has 1 atom stereocenters. The highest BCUT2D eigenvalue weighted by Crippen LogP contribution is 2.36. The Kier molecular flexibility index (Phi) is 4.93. The number of rotatable bonds is 3. The Hall–Kier alpha value is -0.510. The first-order chi connectivity index (χ1) is 9.02. The van der Waals surface area contributed by atoms with Gasteiger partial charge in [-0.3, -0.25) is 0 Å². The number of hydrogen-bond acceptors (Lipinski definition) is 1. The molecule has 0 saturated carbocycles. The second-order valence-electron chi connectivity index (χ2n) is 4.26. The molecule has 0 radical (unpaired) electrons. The van der Waals surface area contributed by atoms with Gasteiger partial charge in [0.05, 0.1) is 4.83 Å². The van der Waals surface area contributed by atoms with Crippen LogP contribution in [0.2, 0.25) is 5.02 Å². The van der Waals surface area contributed by atoms with Crippen molar-refractivity contribution in [2.24, 2.45) is 0 Å². The monoisotopic (exact) mass is 358 g/mol. The maximum atomic E-state index is 13.4. The van der Waals surface area contributed by atoms with Gasteiger partial charge in [-0.05, 0) is 48.1 Å². The Labute approximate surface area is 130 Å². The minimum absolute atomic E-state index is 0.0322. The van der Waals surface area contributed by atoms with Gasteiger partial charge in [-0.1, -0.05) is 45.7 Å². The van der Waals surface area contributed by atoms with Crippen LogP contribution in [0.1, 0.15) is 21.5 Å². The molecule has 100 valence electrons. The van der Waals surface area contributed by atoms with Crippen LogP contribution in [0.15, 0.2) is 41.3 Å². The summed E-state index contributed by atoms with van der Waals surface area (Å²) in [5, 5.41) is 0.443. The predicted octanol–water partition coefficient (Wildman–Crippen LogP) is 5.99. The first-order valence-electron chi connectivity index (χ1n) is 5.76. The zero-order valence-electron chi connectivity index (χ0n) is 10.6. The second-order valence-corrected chi connectivity index (χ2v) is 6.46. The molecule has 2 aromatic rings. The zero-order chi connectivity index (χ0) is 14.0. The summed E-state index contributed by atoms with van der Waals surface area (Å²) in [4.78, 5) is 1.18. The van der Waals surface area contributed by atoms with E-state index < -0.39 is 0 Å². The molecule has 0 nitrogen and oxygen atoms in total. The highest BCUT2D eigenvalue weighted by molar-refractivity contribution is 9.09. The van der Waals surface area contributed by atoms with Gasteiger partial charge in [0, 0.05) is 9.92 Å². The first-order valence-corrected chi connectivity index (χ1v) is 8.28. The first kappa shape index (κ1) is 14.9. The van der Waals surface area contributed by atoms with Crippen molar-refractivity contribution in [3.8, 4) is 0 Å². The average molecular weight is 360 g/mol. The number of halogens is 3. The van der Waals surface area contributed by atoms with Gasteiger partial charge in [-0.15, -0.1) is 11.8 Å². The fourth-order valence-electron chi connectivity index (χ4n) is 1.83. The number of aryl methyl sites for hydroxylation is 1. The van der Waals surface area contributed by atoms with Crippen molar-refractivity contribution in [2.75, 3.05) is 6.26 Å². The minimum atomic E-state index is -0.272. The lowest BCUT2D eigenvalue weighted by Crippen LogP contribution is -1.96. The quantitative estimate of drug-likeness (QED) is 0.479. The van der Waals surface area contributed by atoms with Crippen molar-refractivity contribution < 1.29 is 4.39 Å². The Morgan fingerprint density at radius 3 is 2.42 bits per heavy atom. The maximum Gasteiger partial charge on any atom is 0.127 e. The lowest BCUT2D eigenvalue weighted by Gasteiger charge is -2.14. The Balaban J connectivity index is 2.37. The normalized spacial score (nSPS) is 12.5. The lowest BCUT2D eigenvalue weighted by molar-refractivity contribution is 0.618. The maximum absolute atomic E-state index is 13.4. The minimum Gasteiger partial charge on any atom is -0.207 e. The van der Waals surface area contributed by atoms with Crippen LogP contribution in [-0.2, 0) is 0 Å². The van der Waals surface area contributed by atoms with E-state index in [1.165, 1.54) is 11.0 Å². The summed E-state index contributed by atoms with van der Waals surface area (Å²) in [6, 6.07) is 11.4. The van der Waals surface area contributed by atoms with Crippen LogP contribution >= 0.6 is 39.3 Å². The molecule has 0 bridgehead atoms. The molecule has 0 aliphatic heterocycles. The van der Waals surface area contributed by atoms with Crippen LogP contribution < -0.4 is 0 Å². The number of thioether (sulfide) groups is 1. The van der Waals surface area contributed by atoms with Crippen LogP contribution in [0.5, 0.6) is 0 Å². The van der Waals surface area contributed by atoms with E-state index in [1.54, 1.807) is 24.8 Å². The number of benzene rings is 2. The SMILES string of the molecule is CSc1ccc(C(Br)c2cc(C)c(F)cc2Cl)cc1. The van der Waals surface area contributed by atoms with Gasteiger partial charge in [0.15, 0.2) is 0 Å². The van der Waals surface area contributed by atoms with Crippen molar-refractivity contribution >= 4 is 39.3 Å². The molecule has 4 heteroatoms. The third-order valence-corrected chi connectivity index (χ3v) is 5.05. The van der Waals surface area contributed by atoms with Gasteiger partial charge >= 0.3 is 0 Å².